The van der Waals surface area contributed by atoms with Crippen LogP contribution < -0.4 is 0 Å². The monoisotopic (exact) mass is 349 g/mol. The van der Waals surface area contributed by atoms with Crippen molar-refractivity contribution in [3.63, 3.8) is 0 Å². The molecule has 0 unspecified atom stereocenters. The van der Waals surface area contributed by atoms with Gasteiger partial charge in [-0.3, -0.25) is 4.90 Å². The van der Waals surface area contributed by atoms with E-state index in [-0.39, 0.29) is 12.0 Å². The van der Waals surface area contributed by atoms with E-state index in [0.29, 0.717) is 0 Å². The lowest BCUT2D eigenvalue weighted by Crippen LogP contribution is -2.42. The minimum atomic E-state index is 0.0697. The molecule has 4 rings (SSSR count). The number of likely N-dealkylation sites (tertiary alicyclic amines) is 1. The van der Waals surface area contributed by atoms with Crippen molar-refractivity contribution in [1.29, 1.82) is 0 Å². The van der Waals surface area contributed by atoms with Gasteiger partial charge in [0.1, 0.15) is 5.82 Å². The molecule has 1 aliphatic rings. The summed E-state index contributed by atoms with van der Waals surface area (Å²) in [5.41, 5.74) is 3.57. The van der Waals surface area contributed by atoms with E-state index in [2.05, 4.69) is 46.3 Å². The Morgan fingerprint density at radius 1 is 1.00 bits per heavy atom. The fourth-order valence-electron chi connectivity index (χ4n) is 4.02. The Hall–Kier alpha value is -2.17. The molecule has 1 saturated heterocycles. The molecule has 1 aliphatic heterocycles. The topological polar surface area (TPSA) is 52.1 Å². The summed E-state index contributed by atoms with van der Waals surface area (Å²) in [4.78, 5) is 10.6. The van der Waals surface area contributed by atoms with Gasteiger partial charge in [-0.25, -0.2) is 4.98 Å². The first-order valence-corrected chi connectivity index (χ1v) is 9.57. The van der Waals surface area contributed by atoms with E-state index in [1.54, 1.807) is 0 Å². The zero-order valence-corrected chi connectivity index (χ0v) is 15.2. The molecule has 0 amide bonds. The number of hydrogen-bond donors (Lipinski definition) is 2. The molecule has 136 valence electrons. The minimum absolute atomic E-state index is 0.0697. The van der Waals surface area contributed by atoms with Crippen molar-refractivity contribution in [2.75, 3.05) is 19.7 Å². The van der Waals surface area contributed by atoms with Crippen LogP contribution in [0.15, 0.2) is 54.6 Å². The lowest BCUT2D eigenvalue weighted by Gasteiger charge is -2.40. The number of aromatic amines is 1. The number of imidazole rings is 1. The first kappa shape index (κ1) is 17.3. The number of rotatable bonds is 6. The predicted octanol–water partition coefficient (Wildman–Crippen LogP) is 3.77. The Labute approximate surface area is 154 Å². The Kier molecular flexibility index (Phi) is 5.05. The molecule has 0 atom stereocenters. The summed E-state index contributed by atoms with van der Waals surface area (Å²) < 4.78 is 0. The molecule has 4 heteroatoms. The first-order valence-electron chi connectivity index (χ1n) is 9.57. The highest BCUT2D eigenvalue weighted by atomic mass is 16.3. The molecule has 0 aliphatic carbocycles. The average Bonchev–Trinajstić information content (AvgIpc) is 3.11. The SMILES string of the molecule is OCC1(CCc2ccccc2)CCN(Cc2nc3ccccc3[nH]2)CC1. The summed E-state index contributed by atoms with van der Waals surface area (Å²) in [5.74, 6) is 1.03. The number of nitrogens with one attached hydrogen (secondary N) is 1. The van der Waals surface area contributed by atoms with Gasteiger partial charge in [0.15, 0.2) is 0 Å². The van der Waals surface area contributed by atoms with Gasteiger partial charge < -0.3 is 10.1 Å². The number of aliphatic hydroxyl groups is 1. The van der Waals surface area contributed by atoms with Gasteiger partial charge in [0, 0.05) is 6.61 Å². The lowest BCUT2D eigenvalue weighted by molar-refractivity contribution is 0.0340. The Balaban J connectivity index is 1.34. The van der Waals surface area contributed by atoms with Gasteiger partial charge in [0.2, 0.25) is 0 Å². The summed E-state index contributed by atoms with van der Waals surface area (Å²) in [6.45, 7) is 3.19. The summed E-state index contributed by atoms with van der Waals surface area (Å²) in [6.07, 6.45) is 4.21. The van der Waals surface area contributed by atoms with Crippen LogP contribution in [-0.4, -0.2) is 39.7 Å². The van der Waals surface area contributed by atoms with Crippen LogP contribution in [-0.2, 0) is 13.0 Å². The molecule has 2 aromatic carbocycles. The largest absolute Gasteiger partial charge is 0.396 e. The highest BCUT2D eigenvalue weighted by molar-refractivity contribution is 5.74. The van der Waals surface area contributed by atoms with Gasteiger partial charge in [-0.15, -0.1) is 0 Å². The summed E-state index contributed by atoms with van der Waals surface area (Å²) in [6, 6.07) is 18.8. The van der Waals surface area contributed by atoms with Crippen LogP contribution in [0.1, 0.15) is 30.7 Å². The van der Waals surface area contributed by atoms with E-state index >= 15 is 0 Å². The first-order chi connectivity index (χ1) is 12.8. The molecule has 1 aromatic heterocycles. The number of piperidine rings is 1. The van der Waals surface area contributed by atoms with Gasteiger partial charge in [-0.05, 0) is 61.9 Å². The van der Waals surface area contributed by atoms with Crippen molar-refractivity contribution in [2.45, 2.75) is 32.2 Å². The number of aliphatic hydroxyl groups excluding tert-OH is 1. The fourth-order valence-corrected chi connectivity index (χ4v) is 4.02. The zero-order valence-electron chi connectivity index (χ0n) is 15.2. The van der Waals surface area contributed by atoms with E-state index in [1.807, 2.05) is 18.2 Å². The average molecular weight is 349 g/mol. The van der Waals surface area contributed by atoms with Crippen molar-refractivity contribution in [3.05, 3.63) is 66.0 Å². The number of fused-ring (bicyclic) bond motifs is 1. The molecule has 2 N–H and O–H groups in total. The van der Waals surface area contributed by atoms with Crippen LogP contribution in [0.4, 0.5) is 0 Å². The van der Waals surface area contributed by atoms with Crippen LogP contribution in [0.2, 0.25) is 0 Å². The number of aromatic nitrogens is 2. The summed E-state index contributed by atoms with van der Waals surface area (Å²) >= 11 is 0. The molecule has 2 heterocycles. The minimum Gasteiger partial charge on any atom is -0.396 e. The predicted molar refractivity (Wildman–Crippen MR) is 105 cm³/mol. The molecule has 0 radical (unpaired) electrons. The molecule has 0 bridgehead atoms. The molecule has 4 nitrogen and oxygen atoms in total. The molecule has 1 fully saturated rings. The number of hydrogen-bond acceptors (Lipinski definition) is 3. The molecule has 26 heavy (non-hydrogen) atoms. The van der Waals surface area contributed by atoms with E-state index in [1.165, 1.54) is 5.56 Å². The normalized spacial score (nSPS) is 17.6. The van der Waals surface area contributed by atoms with Gasteiger partial charge in [-0.1, -0.05) is 42.5 Å². The Bertz CT molecular complexity index is 802. The molecule has 3 aromatic rings. The zero-order chi connectivity index (χ0) is 17.8. The quantitative estimate of drug-likeness (QED) is 0.712. The summed E-state index contributed by atoms with van der Waals surface area (Å²) in [5, 5.41) is 10.1. The molecule has 0 spiro atoms. The molecular formula is C22H27N3O. The van der Waals surface area contributed by atoms with Gasteiger partial charge in [0.25, 0.3) is 0 Å². The maximum atomic E-state index is 10.1. The second-order valence-electron chi connectivity index (χ2n) is 7.62. The number of H-pyrrole nitrogens is 1. The standard InChI is InChI=1S/C22H27N3O/c26-17-22(11-10-18-6-2-1-3-7-18)12-14-25(15-13-22)16-21-23-19-8-4-5-9-20(19)24-21/h1-9,26H,10-17H2,(H,23,24). The maximum absolute atomic E-state index is 10.1. The number of aryl methyl sites for hydroxylation is 1. The van der Waals surface area contributed by atoms with Crippen LogP contribution in [0.3, 0.4) is 0 Å². The third kappa shape index (κ3) is 3.81. The third-order valence-corrected chi connectivity index (χ3v) is 5.85. The summed E-state index contributed by atoms with van der Waals surface area (Å²) in [7, 11) is 0. The highest BCUT2D eigenvalue weighted by Crippen LogP contribution is 2.36. The van der Waals surface area contributed by atoms with Crippen molar-refractivity contribution in [1.82, 2.24) is 14.9 Å². The second kappa shape index (κ2) is 7.60. The Morgan fingerprint density at radius 3 is 2.46 bits per heavy atom. The van der Waals surface area contributed by atoms with Gasteiger partial charge >= 0.3 is 0 Å². The van der Waals surface area contributed by atoms with Crippen LogP contribution in [0, 0.1) is 5.41 Å². The van der Waals surface area contributed by atoms with E-state index in [0.717, 1.165) is 62.2 Å². The number of para-hydroxylation sites is 2. The smallest absolute Gasteiger partial charge is 0.121 e. The second-order valence-corrected chi connectivity index (χ2v) is 7.62. The van der Waals surface area contributed by atoms with Crippen molar-refractivity contribution in [2.24, 2.45) is 5.41 Å². The molecule has 0 saturated carbocycles. The van der Waals surface area contributed by atoms with Gasteiger partial charge in [0.05, 0.1) is 17.6 Å². The van der Waals surface area contributed by atoms with E-state index in [4.69, 9.17) is 4.98 Å². The van der Waals surface area contributed by atoms with Crippen LogP contribution in [0.25, 0.3) is 11.0 Å². The van der Waals surface area contributed by atoms with Gasteiger partial charge in [-0.2, -0.15) is 0 Å². The van der Waals surface area contributed by atoms with Crippen LogP contribution >= 0.6 is 0 Å². The van der Waals surface area contributed by atoms with Crippen molar-refractivity contribution < 1.29 is 5.11 Å². The van der Waals surface area contributed by atoms with Crippen molar-refractivity contribution >= 4 is 11.0 Å². The van der Waals surface area contributed by atoms with E-state index in [9.17, 15) is 5.11 Å². The Morgan fingerprint density at radius 2 is 1.73 bits per heavy atom. The number of nitrogens with zero attached hydrogens (tertiary/aromatic N) is 2. The van der Waals surface area contributed by atoms with E-state index < -0.39 is 0 Å². The van der Waals surface area contributed by atoms with Crippen LogP contribution in [0.5, 0.6) is 0 Å². The third-order valence-electron chi connectivity index (χ3n) is 5.85. The fraction of sp³-hybridized carbons (Fsp3) is 0.409. The van der Waals surface area contributed by atoms with Crippen molar-refractivity contribution in [3.8, 4) is 0 Å². The molecular weight excluding hydrogens is 322 g/mol. The maximum Gasteiger partial charge on any atom is 0.121 e. The lowest BCUT2D eigenvalue weighted by atomic mass is 9.75. The number of benzene rings is 2. The highest BCUT2D eigenvalue weighted by Gasteiger charge is 2.33.